The Labute approximate surface area is 209 Å². The van der Waals surface area contributed by atoms with Crippen molar-refractivity contribution in [3.63, 3.8) is 0 Å². The summed E-state index contributed by atoms with van der Waals surface area (Å²) in [5.74, 6) is 0.183. The van der Waals surface area contributed by atoms with Crippen LogP contribution in [-0.2, 0) is 24.6 Å². The zero-order valence-electron chi connectivity index (χ0n) is 20.1. The fraction of sp³-hybridized carbons (Fsp3) is 0.308. The maximum Gasteiger partial charge on any atom is 0.416 e. The molecule has 1 aliphatic heterocycles. The summed E-state index contributed by atoms with van der Waals surface area (Å²) in [5, 5.41) is 8.52. The van der Waals surface area contributed by atoms with Crippen molar-refractivity contribution >= 4 is 0 Å². The number of fused-ring (bicyclic) bond motifs is 1. The van der Waals surface area contributed by atoms with Gasteiger partial charge in [-0.25, -0.2) is 14.1 Å². The summed E-state index contributed by atoms with van der Waals surface area (Å²) in [6.07, 6.45) is -2.66. The fourth-order valence-electron chi connectivity index (χ4n) is 4.85. The molecule has 192 valence electrons. The lowest BCUT2D eigenvalue weighted by Gasteiger charge is -2.35. The Morgan fingerprint density at radius 2 is 1.89 bits per heavy atom. The van der Waals surface area contributed by atoms with Crippen molar-refractivity contribution in [1.29, 1.82) is 0 Å². The van der Waals surface area contributed by atoms with E-state index >= 15 is 0 Å². The lowest BCUT2D eigenvalue weighted by Crippen LogP contribution is -2.38. The van der Waals surface area contributed by atoms with E-state index < -0.39 is 23.1 Å². The van der Waals surface area contributed by atoms with Crippen LogP contribution in [0.25, 0.3) is 11.4 Å². The summed E-state index contributed by atoms with van der Waals surface area (Å²) < 4.78 is 60.9. The number of hydrogen-bond donors (Lipinski definition) is 1. The molecule has 0 saturated carbocycles. The number of nitrogens with zero attached hydrogens (tertiary/aromatic N) is 4. The summed E-state index contributed by atoms with van der Waals surface area (Å²) in [5.41, 5.74) is -0.103. The minimum atomic E-state index is -4.64. The zero-order chi connectivity index (χ0) is 26.4. The average Bonchev–Trinajstić information content (AvgIpc) is 3.29. The predicted molar refractivity (Wildman–Crippen MR) is 127 cm³/mol. The molecule has 0 amide bonds. The smallest absolute Gasteiger partial charge is 0.416 e. The molecule has 2 aromatic carbocycles. The molecule has 0 radical (unpaired) electrons. The molecule has 2 aromatic heterocycles. The molecule has 1 atom stereocenters. The Balaban J connectivity index is 1.52. The number of rotatable bonds is 5. The molecule has 0 saturated heterocycles. The number of ether oxygens (including phenoxy) is 1. The van der Waals surface area contributed by atoms with E-state index in [4.69, 9.17) is 4.74 Å². The van der Waals surface area contributed by atoms with Crippen molar-refractivity contribution in [2.45, 2.75) is 44.3 Å². The Bertz CT molecular complexity index is 1510. The van der Waals surface area contributed by atoms with Crippen molar-refractivity contribution in [3.8, 4) is 17.1 Å². The van der Waals surface area contributed by atoms with Crippen LogP contribution in [0.15, 0.2) is 53.3 Å². The van der Waals surface area contributed by atoms with Gasteiger partial charge in [0.05, 0.1) is 23.9 Å². The van der Waals surface area contributed by atoms with Gasteiger partial charge in [0.25, 0.3) is 5.56 Å². The largest absolute Gasteiger partial charge is 0.497 e. The van der Waals surface area contributed by atoms with Crippen molar-refractivity contribution in [1.82, 2.24) is 25.0 Å². The molecule has 0 aliphatic carbocycles. The Morgan fingerprint density at radius 3 is 2.57 bits per heavy atom. The van der Waals surface area contributed by atoms with Gasteiger partial charge in [0, 0.05) is 18.1 Å². The van der Waals surface area contributed by atoms with E-state index in [0.717, 1.165) is 17.7 Å². The highest BCUT2D eigenvalue weighted by atomic mass is 19.4. The Hall–Kier alpha value is -4.02. The fourth-order valence-corrected chi connectivity index (χ4v) is 4.85. The van der Waals surface area contributed by atoms with Gasteiger partial charge in [-0.05, 0) is 56.0 Å². The molecule has 1 N–H and O–H groups in total. The van der Waals surface area contributed by atoms with E-state index in [9.17, 15) is 22.4 Å². The Kier molecular flexibility index (Phi) is 6.09. The monoisotopic (exact) mass is 513 g/mol. The molecule has 7 nitrogen and oxygen atoms in total. The van der Waals surface area contributed by atoms with Crippen LogP contribution in [0, 0.1) is 5.82 Å². The predicted octanol–water partition coefficient (Wildman–Crippen LogP) is 4.89. The maximum absolute atomic E-state index is 15.0. The first-order chi connectivity index (χ1) is 17.6. The molecule has 1 unspecified atom stereocenters. The van der Waals surface area contributed by atoms with Gasteiger partial charge in [-0.3, -0.25) is 4.79 Å². The van der Waals surface area contributed by atoms with Gasteiger partial charge in [0.2, 0.25) is 0 Å². The van der Waals surface area contributed by atoms with Gasteiger partial charge in [-0.1, -0.05) is 23.4 Å². The van der Waals surface area contributed by atoms with Crippen molar-refractivity contribution < 1.29 is 22.3 Å². The van der Waals surface area contributed by atoms with E-state index in [1.165, 1.54) is 6.07 Å². The first kappa shape index (κ1) is 24.7. The first-order valence-electron chi connectivity index (χ1n) is 11.6. The molecular weight excluding hydrogens is 490 g/mol. The van der Waals surface area contributed by atoms with Gasteiger partial charge < -0.3 is 9.72 Å². The number of halogens is 4. The third-order valence-corrected chi connectivity index (χ3v) is 6.75. The number of alkyl halides is 3. The molecule has 0 bridgehead atoms. The van der Waals surface area contributed by atoms with E-state index in [2.05, 4.69) is 20.3 Å². The second-order valence-electron chi connectivity index (χ2n) is 9.22. The van der Waals surface area contributed by atoms with E-state index in [0.29, 0.717) is 60.4 Å². The highest BCUT2D eigenvalue weighted by molar-refractivity contribution is 5.57. The van der Waals surface area contributed by atoms with Gasteiger partial charge in [-0.15, -0.1) is 5.10 Å². The molecule has 3 heterocycles. The van der Waals surface area contributed by atoms with Crippen LogP contribution < -0.4 is 10.3 Å². The summed E-state index contributed by atoms with van der Waals surface area (Å²) >= 11 is 0. The second-order valence-corrected chi connectivity index (χ2v) is 9.22. The van der Waals surface area contributed by atoms with Crippen molar-refractivity contribution in [3.05, 3.63) is 92.9 Å². The SMILES string of the molecule is COc1ccc(Cc2nc(-c3nnn4c3CCCC4(C)c3ccc(C(F)(F)F)cc3F)cc(=O)[nH]2)cc1. The number of hydrogen-bond acceptors (Lipinski definition) is 5. The molecule has 1 aliphatic rings. The third-order valence-electron chi connectivity index (χ3n) is 6.75. The van der Waals surface area contributed by atoms with Crippen LogP contribution in [0.4, 0.5) is 17.6 Å². The van der Waals surface area contributed by atoms with Crippen LogP contribution in [-0.4, -0.2) is 32.1 Å². The Morgan fingerprint density at radius 1 is 1.14 bits per heavy atom. The minimum absolute atomic E-state index is 0.0944. The number of aromatic nitrogens is 5. The normalized spacial score (nSPS) is 17.5. The molecule has 5 rings (SSSR count). The van der Waals surface area contributed by atoms with Crippen LogP contribution in [0.5, 0.6) is 5.75 Å². The number of nitrogens with one attached hydrogen (secondary N) is 1. The lowest BCUT2D eigenvalue weighted by atomic mass is 9.82. The van der Waals surface area contributed by atoms with Gasteiger partial charge in [0.1, 0.15) is 28.8 Å². The molecule has 37 heavy (non-hydrogen) atoms. The maximum atomic E-state index is 15.0. The highest BCUT2D eigenvalue weighted by Gasteiger charge is 2.40. The van der Waals surface area contributed by atoms with E-state index in [1.54, 1.807) is 18.7 Å². The number of aromatic amines is 1. The first-order valence-corrected chi connectivity index (χ1v) is 11.6. The van der Waals surface area contributed by atoms with Crippen LogP contribution in [0.1, 0.15) is 48.0 Å². The second kappa shape index (κ2) is 9.13. The topological polar surface area (TPSA) is 85.7 Å². The molecule has 11 heteroatoms. The van der Waals surface area contributed by atoms with Gasteiger partial charge in [-0.2, -0.15) is 13.2 Å². The quantitative estimate of drug-likeness (QED) is 0.385. The summed E-state index contributed by atoms with van der Waals surface area (Å²) in [6, 6.07) is 11.2. The average molecular weight is 513 g/mol. The number of methoxy groups -OCH3 is 1. The minimum Gasteiger partial charge on any atom is -0.497 e. The van der Waals surface area contributed by atoms with Crippen LogP contribution >= 0.6 is 0 Å². The van der Waals surface area contributed by atoms with Crippen molar-refractivity contribution in [2.75, 3.05) is 7.11 Å². The molecule has 4 aromatic rings. The standard InChI is InChI=1S/C26H23F4N5O2/c1-25(18-10-7-16(13-19(18)27)26(28,29)30)11-3-4-21-24(33-34-35(21)25)20-14-23(36)32-22(31-20)12-15-5-8-17(37-2)9-6-15/h5-10,13-14H,3-4,11-12H2,1-2H3,(H,31,32,36). The van der Waals surface area contributed by atoms with E-state index in [-0.39, 0.29) is 11.1 Å². The van der Waals surface area contributed by atoms with Gasteiger partial charge >= 0.3 is 6.18 Å². The number of benzene rings is 2. The summed E-state index contributed by atoms with van der Waals surface area (Å²) in [6.45, 7) is 1.72. The summed E-state index contributed by atoms with van der Waals surface area (Å²) in [7, 11) is 1.58. The summed E-state index contributed by atoms with van der Waals surface area (Å²) in [4.78, 5) is 19.8. The molecular formula is C26H23F4N5O2. The van der Waals surface area contributed by atoms with Crippen LogP contribution in [0.3, 0.4) is 0 Å². The lowest BCUT2D eigenvalue weighted by molar-refractivity contribution is -0.137. The zero-order valence-corrected chi connectivity index (χ0v) is 20.1. The van der Waals surface area contributed by atoms with Gasteiger partial charge in [0.15, 0.2) is 0 Å². The van der Waals surface area contributed by atoms with Crippen molar-refractivity contribution in [2.24, 2.45) is 0 Å². The van der Waals surface area contributed by atoms with Crippen LogP contribution in [0.2, 0.25) is 0 Å². The highest BCUT2D eigenvalue weighted by Crippen LogP contribution is 2.41. The van der Waals surface area contributed by atoms with E-state index in [1.807, 2.05) is 24.3 Å². The number of H-pyrrole nitrogens is 1. The third kappa shape index (κ3) is 4.61. The molecule has 0 spiro atoms. The molecule has 0 fully saturated rings.